The van der Waals surface area contributed by atoms with Crippen molar-refractivity contribution in [1.29, 1.82) is 0 Å². The van der Waals surface area contributed by atoms with E-state index < -0.39 is 29.0 Å². The number of alkyl halides is 3. The Morgan fingerprint density at radius 2 is 1.67 bits per heavy atom. The number of hydrogen-bond donors (Lipinski definition) is 1. The first kappa shape index (κ1) is 23.6. The summed E-state index contributed by atoms with van der Waals surface area (Å²) in [6, 6.07) is 15.2. The highest BCUT2D eigenvalue weighted by Gasteiger charge is 2.66. The van der Waals surface area contributed by atoms with Gasteiger partial charge in [-0.2, -0.15) is 13.2 Å². The van der Waals surface area contributed by atoms with Crippen LogP contribution in [0.4, 0.5) is 18.0 Å². The number of ether oxygens (including phenoxy) is 2. The first-order chi connectivity index (χ1) is 14.1. The summed E-state index contributed by atoms with van der Waals surface area (Å²) in [5, 5.41) is 0.294. The van der Waals surface area contributed by atoms with Gasteiger partial charge >= 0.3 is 18.2 Å². The first-order valence-electron chi connectivity index (χ1n) is 8.97. The van der Waals surface area contributed by atoms with Gasteiger partial charge in [0.1, 0.15) is 6.61 Å². The second-order valence-corrected chi connectivity index (χ2v) is 7.97. The molecule has 0 aliphatic carbocycles. The Kier molecular flexibility index (Phi) is 7.77. The SMILES string of the molecule is COC(=O)[C@](NC(=O)OCc1ccccc1)([C@@H](C)Sc1ccc(C)cc1)C(F)(F)F. The maximum atomic E-state index is 14.2. The van der Waals surface area contributed by atoms with Crippen molar-refractivity contribution < 1.29 is 32.2 Å². The quantitative estimate of drug-likeness (QED) is 0.490. The van der Waals surface area contributed by atoms with Gasteiger partial charge < -0.3 is 9.47 Å². The van der Waals surface area contributed by atoms with Crippen molar-refractivity contribution in [2.75, 3.05) is 7.11 Å². The second-order valence-electron chi connectivity index (χ2n) is 6.56. The topological polar surface area (TPSA) is 64.6 Å². The molecule has 0 spiro atoms. The van der Waals surface area contributed by atoms with Crippen LogP contribution in [-0.2, 0) is 20.9 Å². The fourth-order valence-electron chi connectivity index (χ4n) is 2.73. The molecule has 0 aliphatic rings. The smallest absolute Gasteiger partial charge is 0.423 e. The lowest BCUT2D eigenvalue weighted by atomic mass is 9.95. The normalized spacial score (nSPS) is 14.3. The van der Waals surface area contributed by atoms with Crippen LogP contribution in [0.25, 0.3) is 0 Å². The van der Waals surface area contributed by atoms with Crippen LogP contribution in [0.5, 0.6) is 0 Å². The van der Waals surface area contributed by atoms with Crippen molar-refractivity contribution in [1.82, 2.24) is 5.32 Å². The van der Waals surface area contributed by atoms with Crippen LogP contribution < -0.4 is 5.32 Å². The van der Waals surface area contributed by atoms with Crippen molar-refractivity contribution in [3.05, 3.63) is 65.7 Å². The minimum absolute atomic E-state index is 0.249. The lowest BCUT2D eigenvalue weighted by molar-refractivity contribution is -0.209. The molecule has 0 saturated heterocycles. The number of hydrogen-bond acceptors (Lipinski definition) is 5. The molecule has 2 atom stereocenters. The van der Waals surface area contributed by atoms with Crippen LogP contribution in [0.15, 0.2) is 59.5 Å². The zero-order valence-corrected chi connectivity index (χ0v) is 17.5. The maximum absolute atomic E-state index is 14.2. The Hall–Kier alpha value is -2.68. The molecule has 2 aromatic carbocycles. The van der Waals surface area contributed by atoms with Crippen molar-refractivity contribution in [2.24, 2.45) is 0 Å². The number of carbonyl (C=O) groups is 2. The van der Waals surface area contributed by atoms with E-state index in [1.54, 1.807) is 59.9 Å². The third-order valence-corrected chi connectivity index (χ3v) is 5.66. The van der Waals surface area contributed by atoms with Gasteiger partial charge in [-0.05, 0) is 31.5 Å². The standard InChI is InChI=1S/C21H22F3NO4S/c1-14-9-11-17(12-10-14)30-15(2)20(18(26)28-3,21(22,23)24)25-19(27)29-13-16-7-5-4-6-8-16/h4-12,15H,13H2,1-3H3,(H,25,27)/t15-,20-/m1/s1. The number of methoxy groups -OCH3 is 1. The number of amides is 1. The second kappa shape index (κ2) is 9.88. The fraction of sp³-hybridized carbons (Fsp3) is 0.333. The molecule has 0 aromatic heterocycles. The summed E-state index contributed by atoms with van der Waals surface area (Å²) >= 11 is 0.795. The molecule has 0 radical (unpaired) electrons. The van der Waals surface area contributed by atoms with E-state index in [4.69, 9.17) is 4.74 Å². The van der Waals surface area contributed by atoms with Crippen LogP contribution in [-0.4, -0.2) is 36.1 Å². The van der Waals surface area contributed by atoms with E-state index in [9.17, 15) is 22.8 Å². The molecular formula is C21H22F3NO4S. The van der Waals surface area contributed by atoms with E-state index in [0.29, 0.717) is 10.5 Å². The van der Waals surface area contributed by atoms with Crippen molar-refractivity contribution >= 4 is 23.8 Å². The summed E-state index contributed by atoms with van der Waals surface area (Å²) in [7, 11) is 0.836. The molecule has 0 unspecified atom stereocenters. The van der Waals surface area contributed by atoms with Gasteiger partial charge in [0.2, 0.25) is 5.54 Å². The molecule has 30 heavy (non-hydrogen) atoms. The summed E-state index contributed by atoms with van der Waals surface area (Å²) in [4.78, 5) is 25.1. The van der Waals surface area contributed by atoms with E-state index >= 15 is 0 Å². The number of thioether (sulfide) groups is 1. The van der Waals surface area contributed by atoms with E-state index in [1.807, 2.05) is 6.92 Å². The number of aryl methyl sites for hydroxylation is 1. The van der Waals surface area contributed by atoms with Crippen molar-refractivity contribution in [3.63, 3.8) is 0 Å². The van der Waals surface area contributed by atoms with E-state index in [0.717, 1.165) is 24.4 Å². The van der Waals surface area contributed by atoms with Crippen LogP contribution in [0.2, 0.25) is 0 Å². The summed E-state index contributed by atoms with van der Waals surface area (Å²) in [5.41, 5.74) is -1.78. The average Bonchev–Trinajstić information content (AvgIpc) is 2.71. The molecule has 162 valence electrons. The molecule has 1 amide bonds. The Morgan fingerprint density at radius 3 is 2.20 bits per heavy atom. The average molecular weight is 441 g/mol. The maximum Gasteiger partial charge on any atom is 0.423 e. The molecule has 5 nitrogen and oxygen atoms in total. The minimum atomic E-state index is -5.14. The summed E-state index contributed by atoms with van der Waals surface area (Å²) in [6.07, 6.45) is -6.51. The van der Waals surface area contributed by atoms with Gasteiger partial charge in [0.25, 0.3) is 0 Å². The molecule has 0 fully saturated rings. The van der Waals surface area contributed by atoms with Gasteiger partial charge in [-0.1, -0.05) is 48.0 Å². The van der Waals surface area contributed by atoms with Gasteiger partial charge in [-0.3, -0.25) is 5.32 Å². The third kappa shape index (κ3) is 5.47. The molecule has 9 heteroatoms. The number of nitrogens with one attached hydrogen (secondary N) is 1. The van der Waals surface area contributed by atoms with Crippen molar-refractivity contribution in [3.8, 4) is 0 Å². The number of halogens is 3. The highest BCUT2D eigenvalue weighted by molar-refractivity contribution is 8.00. The largest absolute Gasteiger partial charge is 0.467 e. The van der Waals surface area contributed by atoms with Gasteiger partial charge in [0.15, 0.2) is 0 Å². The summed E-state index contributed by atoms with van der Waals surface area (Å²) in [5.74, 6) is -1.63. The van der Waals surface area contributed by atoms with Crippen LogP contribution in [0, 0.1) is 6.92 Å². The Labute approximate surface area is 176 Å². The molecule has 0 heterocycles. The van der Waals surface area contributed by atoms with Gasteiger partial charge in [-0.25, -0.2) is 9.59 Å². The number of benzene rings is 2. The molecule has 0 saturated carbocycles. The molecular weight excluding hydrogens is 419 g/mol. The number of carbonyl (C=O) groups excluding carboxylic acids is 2. The van der Waals surface area contributed by atoms with E-state index in [2.05, 4.69) is 4.74 Å². The Morgan fingerprint density at radius 1 is 1.07 bits per heavy atom. The lowest BCUT2D eigenvalue weighted by Crippen LogP contribution is -2.69. The summed E-state index contributed by atoms with van der Waals surface area (Å²) in [6.45, 7) is 2.80. The molecule has 2 aromatic rings. The van der Waals surface area contributed by atoms with Gasteiger partial charge in [0, 0.05) is 10.1 Å². The molecule has 1 N–H and O–H groups in total. The third-order valence-electron chi connectivity index (χ3n) is 4.41. The highest BCUT2D eigenvalue weighted by Crippen LogP contribution is 2.41. The fourth-order valence-corrected chi connectivity index (χ4v) is 3.89. The van der Waals surface area contributed by atoms with E-state index in [-0.39, 0.29) is 6.61 Å². The number of rotatable bonds is 7. The zero-order valence-electron chi connectivity index (χ0n) is 16.7. The number of esters is 1. The lowest BCUT2D eigenvalue weighted by Gasteiger charge is -2.37. The van der Waals surface area contributed by atoms with Crippen molar-refractivity contribution in [2.45, 2.75) is 42.3 Å². The predicted molar refractivity (Wildman–Crippen MR) is 107 cm³/mol. The van der Waals surface area contributed by atoms with Crippen LogP contribution in [0.3, 0.4) is 0 Å². The molecule has 0 bridgehead atoms. The van der Waals surface area contributed by atoms with E-state index in [1.165, 1.54) is 6.92 Å². The summed E-state index contributed by atoms with van der Waals surface area (Å²) < 4.78 is 51.9. The highest BCUT2D eigenvalue weighted by atomic mass is 32.2. The van der Waals surface area contributed by atoms with Crippen LogP contribution in [0.1, 0.15) is 18.1 Å². The Bertz CT molecular complexity index is 859. The molecule has 2 rings (SSSR count). The monoisotopic (exact) mass is 441 g/mol. The van der Waals surface area contributed by atoms with Gasteiger partial charge in [-0.15, -0.1) is 11.8 Å². The molecule has 0 aliphatic heterocycles. The number of alkyl carbamates (subject to hydrolysis) is 1. The van der Waals surface area contributed by atoms with Gasteiger partial charge in [0.05, 0.1) is 7.11 Å². The minimum Gasteiger partial charge on any atom is -0.467 e. The van der Waals surface area contributed by atoms with Crippen LogP contribution >= 0.6 is 11.8 Å². The Balaban J connectivity index is 2.28. The zero-order chi connectivity index (χ0) is 22.4. The first-order valence-corrected chi connectivity index (χ1v) is 9.85. The predicted octanol–water partition coefficient (Wildman–Crippen LogP) is 4.88.